The number of rotatable bonds is 7. The molecule has 3 N–H and O–H groups in total. The van der Waals surface area contributed by atoms with Gasteiger partial charge in [0.1, 0.15) is 11.8 Å². The van der Waals surface area contributed by atoms with Gasteiger partial charge in [-0.1, -0.05) is 23.7 Å². The molecule has 1 atom stereocenters. The molecule has 0 fully saturated rings. The lowest BCUT2D eigenvalue weighted by atomic mass is 10.1. The number of ether oxygens (including phenoxy) is 1. The minimum atomic E-state index is -2.87. The molecule has 7 heteroatoms. The van der Waals surface area contributed by atoms with Gasteiger partial charge >= 0.3 is 6.61 Å². The predicted octanol–water partition coefficient (Wildman–Crippen LogP) is 3.20. The molecule has 2 aromatic carbocycles. The zero-order chi connectivity index (χ0) is 17.5. The van der Waals surface area contributed by atoms with E-state index >= 15 is 0 Å². The van der Waals surface area contributed by atoms with Crippen molar-refractivity contribution in [1.82, 2.24) is 0 Å². The van der Waals surface area contributed by atoms with E-state index in [0.717, 1.165) is 5.56 Å². The lowest BCUT2D eigenvalue weighted by Gasteiger charge is -2.11. The average Bonchev–Trinajstić information content (AvgIpc) is 2.54. The summed E-state index contributed by atoms with van der Waals surface area (Å²) in [6, 6.07) is 13.3. The summed E-state index contributed by atoms with van der Waals surface area (Å²) < 4.78 is 28.4. The second-order valence-corrected chi connectivity index (χ2v) is 5.67. The summed E-state index contributed by atoms with van der Waals surface area (Å²) in [5, 5.41) is 5.27. The van der Waals surface area contributed by atoms with E-state index in [1.165, 1.54) is 24.3 Å². The first-order chi connectivity index (χ1) is 11.4. The summed E-state index contributed by atoms with van der Waals surface area (Å²) in [5.41, 5.74) is 1.59. The van der Waals surface area contributed by atoms with Gasteiger partial charge in [0.15, 0.2) is 6.54 Å². The Morgan fingerprint density at radius 3 is 2.38 bits per heavy atom. The normalized spacial score (nSPS) is 12.0. The van der Waals surface area contributed by atoms with Gasteiger partial charge in [-0.05, 0) is 43.3 Å². The minimum absolute atomic E-state index is 0.0472. The third kappa shape index (κ3) is 5.79. The molecule has 24 heavy (non-hydrogen) atoms. The minimum Gasteiger partial charge on any atom is -0.435 e. The number of halogens is 3. The summed E-state index contributed by atoms with van der Waals surface area (Å²) in [4.78, 5) is 12.0. The Labute approximate surface area is 143 Å². The Bertz CT molecular complexity index is 663. The fourth-order valence-corrected chi connectivity index (χ4v) is 2.24. The van der Waals surface area contributed by atoms with Gasteiger partial charge in [-0.3, -0.25) is 4.79 Å². The molecule has 0 aliphatic rings. The molecule has 2 rings (SSSR count). The molecule has 128 valence electrons. The van der Waals surface area contributed by atoms with E-state index in [-0.39, 0.29) is 24.2 Å². The number of amides is 1. The number of alkyl halides is 2. The van der Waals surface area contributed by atoms with Crippen molar-refractivity contribution in [1.29, 1.82) is 0 Å². The Kier molecular flexibility index (Phi) is 6.52. The maximum Gasteiger partial charge on any atom is 0.387 e. The SMILES string of the molecule is C[C@@H]([NH2+]CC(=O)Nc1ccc(OC(F)F)cc1)c1ccc(Cl)cc1. The Morgan fingerprint density at radius 1 is 1.17 bits per heavy atom. The number of hydrogen-bond donors (Lipinski definition) is 2. The zero-order valence-corrected chi connectivity index (χ0v) is 13.8. The zero-order valence-electron chi connectivity index (χ0n) is 13.0. The maximum atomic E-state index is 12.1. The fourth-order valence-electron chi connectivity index (χ4n) is 2.12. The second-order valence-electron chi connectivity index (χ2n) is 5.23. The van der Waals surface area contributed by atoms with Crippen LogP contribution in [0.2, 0.25) is 5.02 Å². The van der Waals surface area contributed by atoms with Crippen LogP contribution >= 0.6 is 11.6 Å². The number of hydrogen-bond acceptors (Lipinski definition) is 2. The number of quaternary nitrogens is 1. The van der Waals surface area contributed by atoms with Gasteiger partial charge in [-0.15, -0.1) is 0 Å². The van der Waals surface area contributed by atoms with Gasteiger partial charge in [-0.25, -0.2) is 0 Å². The van der Waals surface area contributed by atoms with E-state index in [2.05, 4.69) is 10.1 Å². The quantitative estimate of drug-likeness (QED) is 0.801. The Morgan fingerprint density at radius 2 is 1.79 bits per heavy atom. The standard InChI is InChI=1S/C17H17ClF2N2O2/c1-11(12-2-4-13(18)5-3-12)21-10-16(23)22-14-6-8-15(9-7-14)24-17(19)20/h2-9,11,17,21H,10H2,1H3,(H,22,23)/p+1/t11-/m1/s1. The largest absolute Gasteiger partial charge is 0.435 e. The number of benzene rings is 2. The van der Waals surface area contributed by atoms with Crippen LogP contribution in [0.1, 0.15) is 18.5 Å². The van der Waals surface area contributed by atoms with Crippen molar-refractivity contribution in [3.05, 3.63) is 59.1 Å². The molecule has 0 aliphatic carbocycles. The molecule has 0 heterocycles. The molecule has 1 amide bonds. The summed E-state index contributed by atoms with van der Waals surface area (Å²) in [6.07, 6.45) is 0. The highest BCUT2D eigenvalue weighted by atomic mass is 35.5. The second kappa shape index (κ2) is 8.61. The molecule has 0 aliphatic heterocycles. The Balaban J connectivity index is 1.81. The molecular formula is C17H18ClF2N2O2+. The van der Waals surface area contributed by atoms with Crippen molar-refractivity contribution in [2.24, 2.45) is 0 Å². The Hall–Kier alpha value is -2.18. The van der Waals surface area contributed by atoms with Crippen molar-refractivity contribution in [3.63, 3.8) is 0 Å². The van der Waals surface area contributed by atoms with E-state index in [9.17, 15) is 13.6 Å². The first kappa shape index (κ1) is 18.2. The van der Waals surface area contributed by atoms with Gasteiger partial charge < -0.3 is 15.4 Å². The number of carbonyl (C=O) groups excluding carboxylic acids is 1. The summed E-state index contributed by atoms with van der Waals surface area (Å²) >= 11 is 5.85. The van der Waals surface area contributed by atoms with Crippen LogP contribution in [0.25, 0.3) is 0 Å². The van der Waals surface area contributed by atoms with E-state index < -0.39 is 6.61 Å². The average molecular weight is 356 g/mol. The predicted molar refractivity (Wildman–Crippen MR) is 88.4 cm³/mol. The molecule has 0 unspecified atom stereocenters. The first-order valence-electron chi connectivity index (χ1n) is 7.37. The van der Waals surface area contributed by atoms with Crippen LogP contribution in [-0.2, 0) is 4.79 Å². The third-order valence-electron chi connectivity index (χ3n) is 3.42. The van der Waals surface area contributed by atoms with Crippen LogP contribution < -0.4 is 15.4 Å². The summed E-state index contributed by atoms with van der Waals surface area (Å²) in [6.45, 7) is -0.638. The highest BCUT2D eigenvalue weighted by Gasteiger charge is 2.12. The molecule has 0 spiro atoms. The fraction of sp³-hybridized carbons (Fsp3) is 0.235. The maximum absolute atomic E-state index is 12.1. The monoisotopic (exact) mass is 355 g/mol. The molecular weight excluding hydrogens is 338 g/mol. The van der Waals surface area contributed by atoms with E-state index in [1.54, 1.807) is 0 Å². The van der Waals surface area contributed by atoms with E-state index in [0.29, 0.717) is 10.7 Å². The molecule has 0 radical (unpaired) electrons. The molecule has 0 aromatic heterocycles. The van der Waals surface area contributed by atoms with Crippen LogP contribution in [0.5, 0.6) is 5.75 Å². The van der Waals surface area contributed by atoms with Crippen LogP contribution in [0.4, 0.5) is 14.5 Å². The number of carbonyl (C=O) groups is 1. The van der Waals surface area contributed by atoms with Crippen LogP contribution in [-0.4, -0.2) is 19.1 Å². The van der Waals surface area contributed by atoms with Crippen molar-refractivity contribution >= 4 is 23.2 Å². The number of anilines is 1. The third-order valence-corrected chi connectivity index (χ3v) is 3.67. The van der Waals surface area contributed by atoms with E-state index in [1.807, 2.05) is 36.5 Å². The van der Waals surface area contributed by atoms with E-state index in [4.69, 9.17) is 11.6 Å². The topological polar surface area (TPSA) is 54.9 Å². The molecule has 2 aromatic rings. The van der Waals surface area contributed by atoms with Crippen LogP contribution in [0.15, 0.2) is 48.5 Å². The van der Waals surface area contributed by atoms with Crippen molar-refractivity contribution < 1.29 is 23.6 Å². The van der Waals surface area contributed by atoms with Crippen LogP contribution in [0, 0.1) is 0 Å². The van der Waals surface area contributed by atoms with Crippen molar-refractivity contribution in [3.8, 4) is 5.75 Å². The van der Waals surface area contributed by atoms with Gasteiger partial charge in [0.25, 0.3) is 5.91 Å². The molecule has 0 saturated heterocycles. The first-order valence-corrected chi connectivity index (χ1v) is 7.75. The lowest BCUT2D eigenvalue weighted by molar-refractivity contribution is -0.682. The van der Waals surface area contributed by atoms with Crippen molar-refractivity contribution in [2.45, 2.75) is 19.6 Å². The number of nitrogens with one attached hydrogen (secondary N) is 1. The summed E-state index contributed by atoms with van der Waals surface area (Å²) in [7, 11) is 0. The van der Waals surface area contributed by atoms with Gasteiger partial charge in [0, 0.05) is 16.3 Å². The van der Waals surface area contributed by atoms with Gasteiger partial charge in [-0.2, -0.15) is 8.78 Å². The van der Waals surface area contributed by atoms with Crippen LogP contribution in [0.3, 0.4) is 0 Å². The molecule has 4 nitrogen and oxygen atoms in total. The highest BCUT2D eigenvalue weighted by Crippen LogP contribution is 2.17. The lowest BCUT2D eigenvalue weighted by Crippen LogP contribution is -2.86. The van der Waals surface area contributed by atoms with Gasteiger partial charge in [0.05, 0.1) is 0 Å². The number of nitrogens with two attached hydrogens (primary N) is 1. The van der Waals surface area contributed by atoms with Gasteiger partial charge in [0.2, 0.25) is 0 Å². The summed E-state index contributed by atoms with van der Waals surface area (Å²) in [5.74, 6) is -0.135. The molecule has 0 bridgehead atoms. The van der Waals surface area contributed by atoms with Crippen molar-refractivity contribution in [2.75, 3.05) is 11.9 Å². The smallest absolute Gasteiger partial charge is 0.387 e. The highest BCUT2D eigenvalue weighted by molar-refractivity contribution is 6.30. The molecule has 0 saturated carbocycles.